The first-order valence-corrected chi connectivity index (χ1v) is 9.80. The lowest BCUT2D eigenvalue weighted by atomic mass is 10.1. The molecule has 0 bridgehead atoms. The topological polar surface area (TPSA) is 35.6 Å². The molecule has 132 valence electrons. The van der Waals surface area contributed by atoms with E-state index in [1.54, 1.807) is 0 Å². The Hall–Kier alpha value is -1.60. The molecule has 0 atom stereocenters. The molecule has 2 aromatic carbocycles. The fourth-order valence-electron chi connectivity index (χ4n) is 3.14. The molecule has 4 nitrogen and oxygen atoms in total. The summed E-state index contributed by atoms with van der Waals surface area (Å²) < 4.78 is 0.959. The van der Waals surface area contributed by atoms with Gasteiger partial charge < -0.3 is 15.1 Å². The zero-order chi connectivity index (χ0) is 17.8. The van der Waals surface area contributed by atoms with Gasteiger partial charge in [-0.15, -0.1) is 0 Å². The minimum atomic E-state index is -0.0580. The minimum Gasteiger partial charge on any atom is -0.369 e. The number of halogens is 1. The van der Waals surface area contributed by atoms with Gasteiger partial charge in [-0.1, -0.05) is 19.1 Å². The van der Waals surface area contributed by atoms with Crippen LogP contribution in [-0.2, 0) is 0 Å². The first-order valence-electron chi connectivity index (χ1n) is 8.72. The molecule has 0 unspecified atom stereocenters. The van der Waals surface area contributed by atoms with Crippen molar-refractivity contribution in [3.8, 4) is 0 Å². The number of nitrogens with zero attached hydrogens (tertiary/aromatic N) is 2. The zero-order valence-corrected chi connectivity index (χ0v) is 16.9. The molecule has 1 N–H and O–H groups in total. The lowest BCUT2D eigenvalue weighted by Gasteiger charge is -2.35. The van der Waals surface area contributed by atoms with Crippen LogP contribution in [0.3, 0.4) is 0 Å². The van der Waals surface area contributed by atoms with Crippen molar-refractivity contribution in [1.29, 1.82) is 0 Å². The second kappa shape index (κ2) is 8.19. The lowest BCUT2D eigenvalue weighted by Crippen LogP contribution is -2.46. The lowest BCUT2D eigenvalue weighted by molar-refractivity contribution is 0.102. The summed E-state index contributed by atoms with van der Waals surface area (Å²) in [6.07, 6.45) is 0. The highest BCUT2D eigenvalue weighted by atomic mass is 127. The highest BCUT2D eigenvalue weighted by Crippen LogP contribution is 2.24. The molecule has 2 aromatic rings. The average molecular weight is 449 g/mol. The van der Waals surface area contributed by atoms with Gasteiger partial charge in [0.25, 0.3) is 5.91 Å². The maximum atomic E-state index is 12.5. The first kappa shape index (κ1) is 18.2. The number of carbonyl (C=O) groups excluding carboxylic acids is 1. The van der Waals surface area contributed by atoms with Crippen LogP contribution in [0.25, 0.3) is 0 Å². The van der Waals surface area contributed by atoms with Crippen LogP contribution in [0.1, 0.15) is 22.8 Å². The van der Waals surface area contributed by atoms with Gasteiger partial charge in [-0.05, 0) is 72.0 Å². The SMILES string of the molecule is CCN1CCN(c2ccc(NC(=O)c3ccccc3I)c(C)c2)CC1. The summed E-state index contributed by atoms with van der Waals surface area (Å²) in [6, 6.07) is 13.9. The Balaban J connectivity index is 1.70. The van der Waals surface area contributed by atoms with E-state index in [1.807, 2.05) is 30.3 Å². The van der Waals surface area contributed by atoms with Gasteiger partial charge >= 0.3 is 0 Å². The number of nitrogens with one attached hydrogen (secondary N) is 1. The monoisotopic (exact) mass is 449 g/mol. The van der Waals surface area contributed by atoms with E-state index in [0.29, 0.717) is 5.56 Å². The second-order valence-electron chi connectivity index (χ2n) is 6.35. The second-order valence-corrected chi connectivity index (χ2v) is 7.52. The molecule has 1 fully saturated rings. The Bertz CT molecular complexity index is 754. The van der Waals surface area contributed by atoms with Crippen molar-refractivity contribution in [2.45, 2.75) is 13.8 Å². The summed E-state index contributed by atoms with van der Waals surface area (Å²) in [5, 5.41) is 3.04. The third kappa shape index (κ3) is 4.33. The molecular weight excluding hydrogens is 425 g/mol. The van der Waals surface area contributed by atoms with Crippen molar-refractivity contribution in [3.63, 3.8) is 0 Å². The number of likely N-dealkylation sites (N-methyl/N-ethyl adjacent to an activating group) is 1. The minimum absolute atomic E-state index is 0.0580. The Kier molecular flexibility index (Phi) is 5.96. The first-order chi connectivity index (χ1) is 12.1. The molecule has 0 spiro atoms. The fraction of sp³-hybridized carbons (Fsp3) is 0.350. The Morgan fingerprint density at radius 2 is 1.84 bits per heavy atom. The summed E-state index contributed by atoms with van der Waals surface area (Å²) in [5.41, 5.74) is 3.91. The van der Waals surface area contributed by atoms with Gasteiger partial charge in [0.2, 0.25) is 0 Å². The number of hydrogen-bond donors (Lipinski definition) is 1. The number of rotatable bonds is 4. The average Bonchev–Trinajstić information content (AvgIpc) is 2.63. The number of piperazine rings is 1. The fourth-order valence-corrected chi connectivity index (χ4v) is 3.77. The standard InChI is InChI=1S/C20H24IN3O/c1-3-23-10-12-24(13-11-23)16-8-9-19(15(2)14-16)22-20(25)17-6-4-5-7-18(17)21/h4-9,14H,3,10-13H2,1-2H3,(H,22,25). The van der Waals surface area contributed by atoms with E-state index in [4.69, 9.17) is 0 Å². The number of aryl methyl sites for hydroxylation is 1. The van der Waals surface area contributed by atoms with Gasteiger partial charge in [-0.3, -0.25) is 4.79 Å². The molecule has 0 aromatic heterocycles. The van der Waals surface area contributed by atoms with Crippen molar-refractivity contribution >= 4 is 39.9 Å². The van der Waals surface area contributed by atoms with E-state index >= 15 is 0 Å². The molecule has 1 aliphatic heterocycles. The zero-order valence-electron chi connectivity index (χ0n) is 14.8. The number of amides is 1. The number of anilines is 2. The smallest absolute Gasteiger partial charge is 0.256 e. The van der Waals surface area contributed by atoms with Crippen LogP contribution in [0.15, 0.2) is 42.5 Å². The van der Waals surface area contributed by atoms with Crippen LogP contribution < -0.4 is 10.2 Å². The molecule has 0 saturated carbocycles. The van der Waals surface area contributed by atoms with Crippen LogP contribution in [0.4, 0.5) is 11.4 Å². The molecule has 0 radical (unpaired) electrons. The Labute approximate surface area is 163 Å². The van der Waals surface area contributed by atoms with Gasteiger partial charge in [-0.25, -0.2) is 0 Å². The normalized spacial score (nSPS) is 15.2. The predicted molar refractivity (Wildman–Crippen MR) is 113 cm³/mol. The number of hydrogen-bond acceptors (Lipinski definition) is 3. The Morgan fingerprint density at radius 1 is 1.12 bits per heavy atom. The number of benzene rings is 2. The van der Waals surface area contributed by atoms with Crippen LogP contribution in [-0.4, -0.2) is 43.5 Å². The van der Waals surface area contributed by atoms with Gasteiger partial charge in [0.05, 0.1) is 5.56 Å². The van der Waals surface area contributed by atoms with E-state index in [-0.39, 0.29) is 5.91 Å². The molecule has 25 heavy (non-hydrogen) atoms. The molecule has 1 amide bonds. The van der Waals surface area contributed by atoms with Crippen LogP contribution >= 0.6 is 22.6 Å². The van der Waals surface area contributed by atoms with Crippen LogP contribution in [0.5, 0.6) is 0 Å². The highest BCUT2D eigenvalue weighted by molar-refractivity contribution is 14.1. The van der Waals surface area contributed by atoms with Crippen LogP contribution in [0.2, 0.25) is 0 Å². The van der Waals surface area contributed by atoms with E-state index < -0.39 is 0 Å². The summed E-state index contributed by atoms with van der Waals surface area (Å²) in [5.74, 6) is -0.0580. The third-order valence-electron chi connectivity index (χ3n) is 4.76. The van der Waals surface area contributed by atoms with Crippen molar-refractivity contribution in [2.75, 3.05) is 42.9 Å². The molecule has 5 heteroatoms. The van der Waals surface area contributed by atoms with E-state index in [9.17, 15) is 4.79 Å². The summed E-state index contributed by atoms with van der Waals surface area (Å²) in [7, 11) is 0. The van der Waals surface area contributed by atoms with E-state index in [2.05, 4.69) is 63.7 Å². The molecule has 3 rings (SSSR count). The van der Waals surface area contributed by atoms with Gasteiger partial charge in [-0.2, -0.15) is 0 Å². The molecule has 0 aliphatic carbocycles. The largest absolute Gasteiger partial charge is 0.369 e. The van der Waals surface area contributed by atoms with E-state index in [1.165, 1.54) is 5.69 Å². The highest BCUT2D eigenvalue weighted by Gasteiger charge is 2.17. The van der Waals surface area contributed by atoms with E-state index in [0.717, 1.165) is 47.5 Å². The molecular formula is C20H24IN3O. The van der Waals surface area contributed by atoms with Crippen LogP contribution in [0, 0.1) is 10.5 Å². The van der Waals surface area contributed by atoms with Crippen molar-refractivity contribution < 1.29 is 4.79 Å². The van der Waals surface area contributed by atoms with Gasteiger partial charge in [0.1, 0.15) is 0 Å². The molecule has 1 heterocycles. The van der Waals surface area contributed by atoms with Crippen molar-refractivity contribution in [1.82, 2.24) is 4.90 Å². The van der Waals surface area contributed by atoms with Crippen molar-refractivity contribution in [3.05, 3.63) is 57.2 Å². The summed E-state index contributed by atoms with van der Waals surface area (Å²) >= 11 is 2.19. The Morgan fingerprint density at radius 3 is 2.48 bits per heavy atom. The van der Waals surface area contributed by atoms with Gasteiger partial charge in [0.15, 0.2) is 0 Å². The predicted octanol–water partition coefficient (Wildman–Crippen LogP) is 3.99. The molecule has 1 saturated heterocycles. The number of carbonyl (C=O) groups is 1. The quantitative estimate of drug-likeness (QED) is 0.718. The maximum Gasteiger partial charge on any atom is 0.256 e. The molecule has 1 aliphatic rings. The van der Waals surface area contributed by atoms with Crippen molar-refractivity contribution in [2.24, 2.45) is 0 Å². The van der Waals surface area contributed by atoms with Gasteiger partial charge in [0, 0.05) is 41.1 Å². The maximum absolute atomic E-state index is 12.5. The summed E-state index contributed by atoms with van der Waals surface area (Å²) in [4.78, 5) is 17.4. The third-order valence-corrected chi connectivity index (χ3v) is 5.70. The summed E-state index contributed by atoms with van der Waals surface area (Å²) in [6.45, 7) is 9.72.